The van der Waals surface area contributed by atoms with Crippen LogP contribution in [0.4, 0.5) is 11.4 Å². The Bertz CT molecular complexity index is 1100. The molecule has 1 aliphatic heterocycles. The number of amides is 1. The van der Waals surface area contributed by atoms with Crippen molar-refractivity contribution in [2.24, 2.45) is 0 Å². The van der Waals surface area contributed by atoms with Crippen LogP contribution in [0.1, 0.15) is 44.4 Å². The third kappa shape index (κ3) is 4.49. The van der Waals surface area contributed by atoms with Gasteiger partial charge in [0.15, 0.2) is 0 Å². The summed E-state index contributed by atoms with van der Waals surface area (Å²) in [6, 6.07) is 13.3. The lowest BCUT2D eigenvalue weighted by molar-refractivity contribution is -0.112. The molecule has 5 nitrogen and oxygen atoms in total. The molecule has 0 saturated heterocycles. The van der Waals surface area contributed by atoms with Gasteiger partial charge in [0.1, 0.15) is 17.4 Å². The summed E-state index contributed by atoms with van der Waals surface area (Å²) in [5.41, 5.74) is 6.00. The molecule has 0 spiro atoms. The predicted molar refractivity (Wildman–Crippen MR) is 127 cm³/mol. The van der Waals surface area contributed by atoms with Crippen LogP contribution in [0.2, 0.25) is 0 Å². The van der Waals surface area contributed by atoms with Crippen molar-refractivity contribution in [1.82, 2.24) is 0 Å². The van der Waals surface area contributed by atoms with Crippen molar-refractivity contribution in [3.8, 4) is 11.8 Å². The van der Waals surface area contributed by atoms with E-state index in [1.165, 1.54) is 11.3 Å². The molecule has 31 heavy (non-hydrogen) atoms. The molecule has 0 aliphatic carbocycles. The molecule has 1 N–H and O–H groups in total. The maximum Gasteiger partial charge on any atom is 0.266 e. The highest BCUT2D eigenvalue weighted by atomic mass is 16.5. The molecule has 0 unspecified atom stereocenters. The number of nitrogens with zero attached hydrogens (tertiary/aromatic N) is 2. The Morgan fingerprint density at radius 3 is 2.48 bits per heavy atom. The number of hydrogen-bond acceptors (Lipinski definition) is 4. The van der Waals surface area contributed by atoms with Gasteiger partial charge in [-0.15, -0.1) is 0 Å². The van der Waals surface area contributed by atoms with Crippen LogP contribution in [0.3, 0.4) is 0 Å². The van der Waals surface area contributed by atoms with Crippen molar-refractivity contribution >= 4 is 28.9 Å². The number of benzene rings is 2. The Morgan fingerprint density at radius 1 is 1.23 bits per heavy atom. The average Bonchev–Trinajstić information content (AvgIpc) is 2.72. The number of methoxy groups -OCH3 is 1. The standard InChI is InChI=1S/C26H29N3O2/c1-7-29-24-12-17(2)19(14-23(24)18(3)15-26(29,4)5)13-20(16-27)25(30)28-21-8-10-22(31-6)11-9-21/h8-15H,7H2,1-6H3,(H,28,30)/b20-13-. The summed E-state index contributed by atoms with van der Waals surface area (Å²) in [6.07, 6.45) is 3.93. The predicted octanol–water partition coefficient (Wildman–Crippen LogP) is 5.57. The molecule has 2 aromatic carbocycles. The van der Waals surface area contributed by atoms with Crippen molar-refractivity contribution in [2.75, 3.05) is 23.9 Å². The van der Waals surface area contributed by atoms with Gasteiger partial charge in [0, 0.05) is 23.5 Å². The molecular weight excluding hydrogens is 386 g/mol. The molecule has 5 heteroatoms. The van der Waals surface area contributed by atoms with Gasteiger partial charge in [-0.3, -0.25) is 4.79 Å². The molecule has 0 radical (unpaired) electrons. The molecule has 2 aromatic rings. The fourth-order valence-electron chi connectivity index (χ4n) is 4.15. The summed E-state index contributed by atoms with van der Waals surface area (Å²) in [5.74, 6) is 0.264. The SMILES string of the molecule is CCN1c2cc(C)c(/C=C(/C#N)C(=O)Nc3ccc(OC)cc3)cc2C(C)=CC1(C)C. The number of nitriles is 1. The highest BCUT2D eigenvalue weighted by Gasteiger charge is 2.30. The molecule has 1 amide bonds. The summed E-state index contributed by atoms with van der Waals surface area (Å²) < 4.78 is 5.13. The smallest absolute Gasteiger partial charge is 0.266 e. The van der Waals surface area contributed by atoms with Crippen LogP contribution in [0.25, 0.3) is 11.6 Å². The van der Waals surface area contributed by atoms with E-state index in [1.807, 2.05) is 13.0 Å². The first-order chi connectivity index (χ1) is 14.7. The van der Waals surface area contributed by atoms with Crippen LogP contribution < -0.4 is 15.0 Å². The number of rotatable bonds is 5. The maximum atomic E-state index is 12.7. The topological polar surface area (TPSA) is 65.4 Å². The van der Waals surface area contributed by atoms with E-state index in [-0.39, 0.29) is 11.1 Å². The van der Waals surface area contributed by atoms with Crippen molar-refractivity contribution in [3.63, 3.8) is 0 Å². The van der Waals surface area contributed by atoms with Gasteiger partial charge in [0.25, 0.3) is 5.91 Å². The lowest BCUT2D eigenvalue weighted by atomic mass is 9.86. The fraction of sp³-hybridized carbons (Fsp3) is 0.308. The third-order valence-electron chi connectivity index (χ3n) is 5.69. The minimum Gasteiger partial charge on any atom is -0.497 e. The summed E-state index contributed by atoms with van der Waals surface area (Å²) >= 11 is 0. The fourth-order valence-corrected chi connectivity index (χ4v) is 4.15. The second-order valence-corrected chi connectivity index (χ2v) is 8.30. The quantitative estimate of drug-likeness (QED) is 0.512. The van der Waals surface area contributed by atoms with Crippen LogP contribution in [0.5, 0.6) is 5.75 Å². The number of carbonyl (C=O) groups excluding carboxylic acids is 1. The molecule has 0 saturated carbocycles. The Kier molecular flexibility index (Phi) is 6.21. The minimum absolute atomic E-state index is 0.0592. The summed E-state index contributed by atoms with van der Waals surface area (Å²) in [7, 11) is 1.59. The van der Waals surface area contributed by atoms with Gasteiger partial charge in [-0.1, -0.05) is 6.08 Å². The number of carbonyl (C=O) groups is 1. The summed E-state index contributed by atoms with van der Waals surface area (Å²) in [4.78, 5) is 15.1. The maximum absolute atomic E-state index is 12.7. The van der Waals surface area contributed by atoms with Crippen LogP contribution in [0, 0.1) is 18.3 Å². The second kappa shape index (κ2) is 8.69. The second-order valence-electron chi connectivity index (χ2n) is 8.30. The molecule has 0 aromatic heterocycles. The number of allylic oxidation sites excluding steroid dienone is 1. The number of likely N-dealkylation sites (N-methyl/N-ethyl adjacent to an activating group) is 1. The van der Waals surface area contributed by atoms with Gasteiger partial charge in [-0.25, -0.2) is 0 Å². The molecule has 1 aliphatic rings. The van der Waals surface area contributed by atoms with Crippen LogP contribution in [-0.2, 0) is 4.79 Å². The zero-order valence-corrected chi connectivity index (χ0v) is 19.0. The van der Waals surface area contributed by atoms with Crippen molar-refractivity contribution in [3.05, 3.63) is 64.7 Å². The van der Waals surface area contributed by atoms with E-state index in [4.69, 9.17) is 4.74 Å². The van der Waals surface area contributed by atoms with Gasteiger partial charge in [-0.2, -0.15) is 5.26 Å². The van der Waals surface area contributed by atoms with Gasteiger partial charge in [-0.05, 0) is 93.8 Å². The van der Waals surface area contributed by atoms with E-state index in [1.54, 1.807) is 37.5 Å². The largest absolute Gasteiger partial charge is 0.497 e. The van der Waals surface area contributed by atoms with E-state index in [0.717, 1.165) is 23.2 Å². The molecule has 0 fully saturated rings. The summed E-state index contributed by atoms with van der Waals surface area (Å²) in [6.45, 7) is 11.6. The number of ether oxygens (including phenoxy) is 1. The van der Waals surface area contributed by atoms with E-state index >= 15 is 0 Å². The Balaban J connectivity index is 1.95. The summed E-state index contributed by atoms with van der Waals surface area (Å²) in [5, 5.41) is 12.4. The van der Waals surface area contributed by atoms with E-state index in [9.17, 15) is 10.1 Å². The Hall–Kier alpha value is -3.52. The lowest BCUT2D eigenvalue weighted by Gasteiger charge is -2.43. The zero-order valence-electron chi connectivity index (χ0n) is 19.0. The van der Waals surface area contributed by atoms with Crippen LogP contribution in [-0.4, -0.2) is 25.1 Å². The molecule has 3 rings (SSSR count). The first-order valence-electron chi connectivity index (χ1n) is 10.4. The monoisotopic (exact) mass is 415 g/mol. The van der Waals surface area contributed by atoms with Crippen molar-refractivity contribution < 1.29 is 9.53 Å². The van der Waals surface area contributed by atoms with Crippen LogP contribution >= 0.6 is 0 Å². The van der Waals surface area contributed by atoms with E-state index < -0.39 is 5.91 Å². The zero-order chi connectivity index (χ0) is 22.8. The minimum atomic E-state index is -0.437. The molecular formula is C26H29N3O2. The molecule has 0 atom stereocenters. The van der Waals surface area contributed by atoms with E-state index in [2.05, 4.69) is 56.1 Å². The Morgan fingerprint density at radius 2 is 1.90 bits per heavy atom. The lowest BCUT2D eigenvalue weighted by Crippen LogP contribution is -2.44. The highest BCUT2D eigenvalue weighted by Crippen LogP contribution is 2.40. The highest BCUT2D eigenvalue weighted by molar-refractivity contribution is 6.09. The van der Waals surface area contributed by atoms with Gasteiger partial charge in [0.05, 0.1) is 12.6 Å². The molecule has 1 heterocycles. The number of hydrogen-bond donors (Lipinski definition) is 1. The third-order valence-corrected chi connectivity index (χ3v) is 5.69. The van der Waals surface area contributed by atoms with Crippen LogP contribution in [0.15, 0.2) is 48.0 Å². The first kappa shape index (κ1) is 22.2. The number of nitrogens with one attached hydrogen (secondary N) is 1. The average molecular weight is 416 g/mol. The van der Waals surface area contributed by atoms with Gasteiger partial charge in [0.2, 0.25) is 0 Å². The van der Waals surface area contributed by atoms with E-state index in [0.29, 0.717) is 11.4 Å². The molecule has 0 bridgehead atoms. The Labute approximate surface area is 184 Å². The van der Waals surface area contributed by atoms with Gasteiger partial charge < -0.3 is 15.0 Å². The number of anilines is 2. The van der Waals surface area contributed by atoms with Crippen molar-refractivity contribution in [1.29, 1.82) is 5.26 Å². The van der Waals surface area contributed by atoms with Crippen molar-refractivity contribution in [2.45, 2.75) is 40.2 Å². The normalized spacial score (nSPS) is 14.9. The number of fused-ring (bicyclic) bond motifs is 1. The number of aryl methyl sites for hydroxylation is 1. The molecule has 160 valence electrons. The van der Waals surface area contributed by atoms with Gasteiger partial charge >= 0.3 is 0 Å². The first-order valence-corrected chi connectivity index (χ1v) is 10.4.